The molecular weight excluding hydrogens is 276 g/mol. The van der Waals surface area contributed by atoms with Crippen molar-refractivity contribution in [3.05, 3.63) is 31.2 Å². The van der Waals surface area contributed by atoms with Crippen LogP contribution in [0.15, 0.2) is 24.3 Å². The van der Waals surface area contributed by atoms with E-state index >= 15 is 0 Å². The van der Waals surface area contributed by atoms with Gasteiger partial charge in [0.2, 0.25) is 0 Å². The fourth-order valence-electron chi connectivity index (χ4n) is 4.80. The highest BCUT2D eigenvalue weighted by Crippen LogP contribution is 2.46. The Balaban J connectivity index is 1.57. The van der Waals surface area contributed by atoms with Crippen LogP contribution in [0.2, 0.25) is 0 Å². The molecule has 0 aromatic rings. The Morgan fingerprint density at radius 3 is 1.87 bits per heavy atom. The molecular formula is C23H37. The van der Waals surface area contributed by atoms with Gasteiger partial charge in [0, 0.05) is 0 Å². The molecule has 1 radical (unpaired) electrons. The van der Waals surface area contributed by atoms with E-state index in [1.165, 1.54) is 83.5 Å². The van der Waals surface area contributed by atoms with Gasteiger partial charge in [0.05, 0.1) is 0 Å². The third kappa shape index (κ3) is 4.52. The first-order chi connectivity index (χ1) is 11.3. The SMILES string of the molecule is [CH2]CC(C=CCC1CCC1)(CC=CCC1CCC1)C1CCCC1. The Labute approximate surface area is 144 Å². The average Bonchev–Trinajstić information content (AvgIpc) is 3.00. The number of hydrogen-bond acceptors (Lipinski definition) is 0. The lowest BCUT2D eigenvalue weighted by Crippen LogP contribution is -2.26. The fraction of sp³-hybridized carbons (Fsp3) is 0.783. The van der Waals surface area contributed by atoms with E-state index in [1.807, 2.05) is 0 Å². The molecule has 129 valence electrons. The molecule has 0 aromatic heterocycles. The fourth-order valence-corrected chi connectivity index (χ4v) is 4.80. The molecule has 1 unspecified atom stereocenters. The second kappa shape index (κ2) is 8.54. The number of rotatable bonds is 9. The zero-order chi connectivity index (χ0) is 16.0. The van der Waals surface area contributed by atoms with Gasteiger partial charge in [-0.1, -0.05) is 82.6 Å². The van der Waals surface area contributed by atoms with Crippen LogP contribution in [-0.2, 0) is 0 Å². The van der Waals surface area contributed by atoms with Crippen LogP contribution in [0, 0.1) is 30.1 Å². The standard InChI is InChI=1S/C23H37/c1-2-23(22-16-3-4-17-22,19-9-15-21-13-8-14-21)18-6-5-10-20-11-7-12-20/h5-6,9,19-22H,1-4,7-8,10-18H2. The smallest absolute Gasteiger partial charge is 0.00556 e. The molecule has 1 atom stereocenters. The lowest BCUT2D eigenvalue weighted by molar-refractivity contribution is 0.233. The van der Waals surface area contributed by atoms with E-state index < -0.39 is 0 Å². The Hall–Kier alpha value is -0.520. The van der Waals surface area contributed by atoms with Crippen molar-refractivity contribution in [2.45, 2.75) is 89.9 Å². The number of allylic oxidation sites excluding steroid dienone is 4. The molecule has 3 aliphatic rings. The molecule has 3 fully saturated rings. The van der Waals surface area contributed by atoms with Crippen molar-refractivity contribution in [3.63, 3.8) is 0 Å². The number of hydrogen-bond donors (Lipinski definition) is 0. The molecule has 3 saturated carbocycles. The molecule has 0 N–H and O–H groups in total. The molecule has 0 nitrogen and oxygen atoms in total. The highest BCUT2D eigenvalue weighted by atomic mass is 14.4. The Bertz CT molecular complexity index is 390. The monoisotopic (exact) mass is 313 g/mol. The lowest BCUT2D eigenvalue weighted by atomic mass is 9.69. The van der Waals surface area contributed by atoms with Crippen molar-refractivity contribution in [1.29, 1.82) is 0 Å². The zero-order valence-electron chi connectivity index (χ0n) is 15.1. The predicted octanol–water partition coefficient (Wildman–Crippen LogP) is 7.27. The molecule has 0 spiro atoms. The molecule has 0 aromatic carbocycles. The summed E-state index contributed by atoms with van der Waals surface area (Å²) in [6.07, 6.45) is 29.6. The Kier molecular flexibility index (Phi) is 6.43. The molecule has 3 aliphatic carbocycles. The highest BCUT2D eigenvalue weighted by molar-refractivity contribution is 5.09. The molecule has 0 heterocycles. The summed E-state index contributed by atoms with van der Waals surface area (Å²) < 4.78 is 0. The van der Waals surface area contributed by atoms with E-state index in [0.29, 0.717) is 5.41 Å². The maximum atomic E-state index is 4.39. The summed E-state index contributed by atoms with van der Waals surface area (Å²) in [4.78, 5) is 0. The maximum absolute atomic E-state index is 4.39. The normalized spacial score (nSPS) is 26.7. The first kappa shape index (κ1) is 17.3. The van der Waals surface area contributed by atoms with Crippen LogP contribution in [-0.4, -0.2) is 0 Å². The van der Waals surface area contributed by atoms with Crippen LogP contribution in [0.25, 0.3) is 0 Å². The Morgan fingerprint density at radius 2 is 1.35 bits per heavy atom. The largest absolute Gasteiger partial charge is 0.0882 e. The van der Waals surface area contributed by atoms with E-state index in [-0.39, 0.29) is 0 Å². The average molecular weight is 314 g/mol. The first-order valence-corrected chi connectivity index (χ1v) is 10.4. The topological polar surface area (TPSA) is 0 Å². The van der Waals surface area contributed by atoms with Gasteiger partial charge in [0.1, 0.15) is 0 Å². The summed E-state index contributed by atoms with van der Waals surface area (Å²) in [5, 5.41) is 0. The van der Waals surface area contributed by atoms with Gasteiger partial charge in [-0.15, -0.1) is 0 Å². The zero-order valence-corrected chi connectivity index (χ0v) is 15.1. The third-order valence-corrected chi connectivity index (χ3v) is 7.14. The van der Waals surface area contributed by atoms with Gasteiger partial charge in [-0.05, 0) is 61.7 Å². The molecule has 0 heteroatoms. The minimum Gasteiger partial charge on any atom is -0.0882 e. The summed E-state index contributed by atoms with van der Waals surface area (Å²) in [5.74, 6) is 2.87. The summed E-state index contributed by atoms with van der Waals surface area (Å²) in [6.45, 7) is 4.39. The molecule has 0 amide bonds. The Morgan fingerprint density at radius 1 is 0.739 bits per heavy atom. The summed E-state index contributed by atoms with van der Waals surface area (Å²) in [6, 6.07) is 0. The lowest BCUT2D eigenvalue weighted by Gasteiger charge is -2.36. The van der Waals surface area contributed by atoms with Crippen molar-refractivity contribution in [2.24, 2.45) is 23.2 Å². The van der Waals surface area contributed by atoms with Crippen LogP contribution in [0.5, 0.6) is 0 Å². The van der Waals surface area contributed by atoms with Crippen molar-refractivity contribution >= 4 is 0 Å². The quantitative estimate of drug-likeness (QED) is 0.393. The van der Waals surface area contributed by atoms with Gasteiger partial charge in [-0.2, -0.15) is 0 Å². The second-order valence-corrected chi connectivity index (χ2v) is 8.61. The van der Waals surface area contributed by atoms with Crippen molar-refractivity contribution in [1.82, 2.24) is 0 Å². The van der Waals surface area contributed by atoms with E-state index in [9.17, 15) is 0 Å². The van der Waals surface area contributed by atoms with Gasteiger partial charge >= 0.3 is 0 Å². The predicted molar refractivity (Wildman–Crippen MR) is 101 cm³/mol. The summed E-state index contributed by atoms with van der Waals surface area (Å²) in [5.41, 5.74) is 0.358. The summed E-state index contributed by atoms with van der Waals surface area (Å²) in [7, 11) is 0. The van der Waals surface area contributed by atoms with E-state index in [2.05, 4.69) is 31.2 Å². The third-order valence-electron chi connectivity index (χ3n) is 7.14. The minimum absolute atomic E-state index is 0.358. The van der Waals surface area contributed by atoms with E-state index in [1.54, 1.807) is 0 Å². The highest BCUT2D eigenvalue weighted by Gasteiger charge is 2.35. The second-order valence-electron chi connectivity index (χ2n) is 8.61. The van der Waals surface area contributed by atoms with E-state index in [0.717, 1.165) is 24.2 Å². The molecule has 0 bridgehead atoms. The van der Waals surface area contributed by atoms with Crippen molar-refractivity contribution in [3.8, 4) is 0 Å². The minimum atomic E-state index is 0.358. The van der Waals surface area contributed by atoms with Gasteiger partial charge in [-0.25, -0.2) is 0 Å². The maximum Gasteiger partial charge on any atom is -0.00556 e. The van der Waals surface area contributed by atoms with Gasteiger partial charge < -0.3 is 0 Å². The molecule has 0 saturated heterocycles. The molecule has 3 rings (SSSR count). The first-order valence-electron chi connectivity index (χ1n) is 10.4. The van der Waals surface area contributed by atoms with Gasteiger partial charge in [0.25, 0.3) is 0 Å². The van der Waals surface area contributed by atoms with Crippen LogP contribution >= 0.6 is 0 Å². The van der Waals surface area contributed by atoms with Crippen LogP contribution in [0.4, 0.5) is 0 Å². The van der Waals surface area contributed by atoms with Gasteiger partial charge in [0.15, 0.2) is 0 Å². The van der Waals surface area contributed by atoms with Crippen molar-refractivity contribution in [2.75, 3.05) is 0 Å². The molecule has 23 heavy (non-hydrogen) atoms. The van der Waals surface area contributed by atoms with Crippen LogP contribution in [0.1, 0.15) is 89.9 Å². The molecule has 0 aliphatic heterocycles. The van der Waals surface area contributed by atoms with Crippen LogP contribution < -0.4 is 0 Å². The van der Waals surface area contributed by atoms with Gasteiger partial charge in [-0.3, -0.25) is 0 Å². The summed E-state index contributed by atoms with van der Waals surface area (Å²) >= 11 is 0. The van der Waals surface area contributed by atoms with Crippen LogP contribution in [0.3, 0.4) is 0 Å². The van der Waals surface area contributed by atoms with E-state index in [4.69, 9.17) is 0 Å². The van der Waals surface area contributed by atoms with Crippen molar-refractivity contribution < 1.29 is 0 Å².